The molecular formula is C28H34N8O3. The number of fused-ring (bicyclic) bond motifs is 1. The molecule has 4 aromatic rings. The number of hydrogen-bond donors (Lipinski definition) is 3. The Morgan fingerprint density at radius 3 is 2.54 bits per heavy atom. The molecule has 1 aliphatic heterocycles. The number of hydrogen-bond acceptors (Lipinski definition) is 9. The third kappa shape index (κ3) is 6.21. The van der Waals surface area contributed by atoms with E-state index in [2.05, 4.69) is 15.7 Å². The zero-order valence-electron chi connectivity index (χ0n) is 21.9. The van der Waals surface area contributed by atoms with Crippen molar-refractivity contribution in [1.29, 1.82) is 0 Å². The van der Waals surface area contributed by atoms with Crippen molar-refractivity contribution in [2.45, 2.75) is 37.8 Å². The molecule has 1 saturated heterocycles. The molecule has 5 rings (SSSR count). The topological polar surface area (TPSA) is 168 Å². The number of ether oxygens (including phenoxy) is 1. The van der Waals surface area contributed by atoms with E-state index in [1.54, 1.807) is 4.90 Å². The highest BCUT2D eigenvalue weighted by molar-refractivity contribution is 5.98. The van der Waals surface area contributed by atoms with Crippen LogP contribution in [0.15, 0.2) is 60.9 Å². The number of nitrogen functional groups attached to an aromatic ring is 1. The van der Waals surface area contributed by atoms with Gasteiger partial charge in [0.05, 0.1) is 17.5 Å². The zero-order chi connectivity index (χ0) is 27.8. The van der Waals surface area contributed by atoms with Crippen LogP contribution in [-0.4, -0.2) is 63.0 Å². The number of benzene rings is 2. The van der Waals surface area contributed by atoms with Crippen LogP contribution in [0.2, 0.25) is 0 Å². The Hall–Kier alpha value is -4.35. The second kappa shape index (κ2) is 12.9. The lowest BCUT2D eigenvalue weighted by Gasteiger charge is -2.34. The average molecular weight is 531 g/mol. The van der Waals surface area contributed by atoms with Crippen LogP contribution in [0.5, 0.6) is 11.5 Å². The van der Waals surface area contributed by atoms with Gasteiger partial charge in [-0.05, 0) is 62.7 Å². The quantitative estimate of drug-likeness (QED) is 0.290. The smallest absolute Gasteiger partial charge is 0.239 e. The number of likely N-dealkylation sites (tertiary alicyclic amines) is 1. The molecule has 0 radical (unpaired) electrons. The summed E-state index contributed by atoms with van der Waals surface area (Å²) in [6.07, 6.45) is 4.46. The van der Waals surface area contributed by atoms with Crippen molar-refractivity contribution in [3.05, 3.63) is 60.9 Å². The molecular weight excluding hydrogens is 496 g/mol. The van der Waals surface area contributed by atoms with Gasteiger partial charge in [0.15, 0.2) is 5.65 Å². The summed E-state index contributed by atoms with van der Waals surface area (Å²) in [6.45, 7) is 1.08. The summed E-state index contributed by atoms with van der Waals surface area (Å²) in [7, 11) is 1.50. The number of para-hydroxylation sites is 1. The van der Waals surface area contributed by atoms with E-state index in [0.717, 1.165) is 30.4 Å². The molecule has 2 unspecified atom stereocenters. The fraction of sp³-hybridized carbons (Fsp3) is 0.321. The first-order valence-corrected chi connectivity index (χ1v) is 12.9. The molecule has 1 fully saturated rings. The van der Waals surface area contributed by atoms with Gasteiger partial charge in [-0.1, -0.05) is 18.2 Å². The number of carbonyl (C=O) groups excluding carboxylic acids is 2. The summed E-state index contributed by atoms with van der Waals surface area (Å²) in [5.41, 5.74) is 19.0. The first-order chi connectivity index (χ1) is 19.0. The highest BCUT2D eigenvalue weighted by atomic mass is 16.5. The maximum atomic E-state index is 12.9. The van der Waals surface area contributed by atoms with Crippen molar-refractivity contribution < 1.29 is 14.3 Å². The Morgan fingerprint density at radius 1 is 1.10 bits per heavy atom. The summed E-state index contributed by atoms with van der Waals surface area (Å²) in [4.78, 5) is 34.0. The van der Waals surface area contributed by atoms with Crippen molar-refractivity contribution >= 4 is 29.0 Å². The maximum Gasteiger partial charge on any atom is 0.239 e. The molecule has 2 aromatic carbocycles. The Bertz CT molecular complexity index is 1390. The van der Waals surface area contributed by atoms with Crippen molar-refractivity contribution in [3.63, 3.8) is 0 Å². The Morgan fingerprint density at radius 2 is 1.82 bits per heavy atom. The summed E-state index contributed by atoms with van der Waals surface area (Å²) in [5.74, 6) is 1.65. The van der Waals surface area contributed by atoms with Crippen LogP contribution < -0.4 is 21.9 Å². The number of aromatic nitrogens is 4. The van der Waals surface area contributed by atoms with Gasteiger partial charge in [0.2, 0.25) is 5.91 Å². The molecule has 204 valence electrons. The molecule has 11 heteroatoms. The van der Waals surface area contributed by atoms with Gasteiger partial charge in [-0.3, -0.25) is 4.79 Å². The number of aldehydes is 1. The molecule has 6 N–H and O–H groups in total. The van der Waals surface area contributed by atoms with Crippen molar-refractivity contribution in [2.75, 3.05) is 25.9 Å². The molecule has 0 aliphatic carbocycles. The zero-order valence-corrected chi connectivity index (χ0v) is 21.9. The van der Waals surface area contributed by atoms with Gasteiger partial charge in [0.1, 0.15) is 35.6 Å². The molecule has 0 bridgehead atoms. The van der Waals surface area contributed by atoms with Crippen LogP contribution in [0, 0.1) is 0 Å². The van der Waals surface area contributed by atoms with E-state index >= 15 is 0 Å². The highest BCUT2D eigenvalue weighted by Crippen LogP contribution is 2.35. The van der Waals surface area contributed by atoms with E-state index in [0.29, 0.717) is 47.8 Å². The van der Waals surface area contributed by atoms with E-state index in [1.807, 2.05) is 59.3 Å². The Kier molecular flexibility index (Phi) is 9.18. The van der Waals surface area contributed by atoms with Crippen LogP contribution in [0.1, 0.15) is 31.7 Å². The number of anilines is 1. The summed E-state index contributed by atoms with van der Waals surface area (Å²) in [5, 5.41) is 5.60. The molecule has 1 amide bonds. The van der Waals surface area contributed by atoms with Crippen LogP contribution >= 0.6 is 0 Å². The Balaban J connectivity index is 0.00000172. The van der Waals surface area contributed by atoms with E-state index in [1.165, 1.54) is 13.4 Å². The third-order valence-corrected chi connectivity index (χ3v) is 6.59. The second-order valence-corrected chi connectivity index (χ2v) is 9.12. The van der Waals surface area contributed by atoms with Gasteiger partial charge in [0, 0.05) is 25.1 Å². The van der Waals surface area contributed by atoms with Crippen molar-refractivity contribution in [1.82, 2.24) is 24.6 Å². The Labute approximate surface area is 227 Å². The molecule has 2 atom stereocenters. The van der Waals surface area contributed by atoms with Gasteiger partial charge in [-0.2, -0.15) is 5.10 Å². The lowest BCUT2D eigenvalue weighted by atomic mass is 10.0. The lowest BCUT2D eigenvalue weighted by Crippen LogP contribution is -2.48. The minimum atomic E-state index is -0.691. The molecule has 2 aromatic heterocycles. The van der Waals surface area contributed by atoms with Crippen LogP contribution in [0.3, 0.4) is 0 Å². The average Bonchev–Trinajstić information content (AvgIpc) is 3.38. The first kappa shape index (κ1) is 27.7. The molecule has 3 heterocycles. The minimum absolute atomic E-state index is 0.0952. The summed E-state index contributed by atoms with van der Waals surface area (Å²) < 4.78 is 7.77. The van der Waals surface area contributed by atoms with Crippen LogP contribution in [0.4, 0.5) is 5.82 Å². The predicted octanol–water partition coefficient (Wildman–Crippen LogP) is 2.91. The number of nitrogens with zero attached hydrogens (tertiary/aromatic N) is 5. The SMILES string of the molecule is CN.Nc1ncnc2c1c(-c1ccc(Oc3ccccc3)cc1)nn2C1CCCN(C(=O)C(N)CCC=O)C1. The van der Waals surface area contributed by atoms with Gasteiger partial charge < -0.3 is 31.6 Å². The largest absolute Gasteiger partial charge is 0.457 e. The van der Waals surface area contributed by atoms with Crippen LogP contribution in [0.25, 0.3) is 22.3 Å². The number of nitrogens with two attached hydrogens (primary N) is 3. The molecule has 1 aliphatic rings. The van der Waals surface area contributed by atoms with E-state index in [-0.39, 0.29) is 18.4 Å². The standard InChI is InChI=1S/C27H29N7O3.CH5N/c28-22(9-5-15-35)27(36)33-14-4-6-19(16-33)34-26-23(25(29)30-17-31-26)24(32-34)18-10-12-21(13-11-18)37-20-7-2-1-3-8-20;1-2/h1-3,7-8,10-13,15,17,19,22H,4-6,9,14,16,28H2,(H2,29,30,31);2H2,1H3. The van der Waals surface area contributed by atoms with E-state index in [4.69, 9.17) is 21.3 Å². The van der Waals surface area contributed by atoms with Crippen LogP contribution in [-0.2, 0) is 9.59 Å². The minimum Gasteiger partial charge on any atom is -0.457 e. The maximum absolute atomic E-state index is 12.9. The number of piperidine rings is 1. The number of amides is 1. The monoisotopic (exact) mass is 530 g/mol. The normalized spacial score (nSPS) is 15.8. The van der Waals surface area contributed by atoms with Gasteiger partial charge in [-0.25, -0.2) is 14.6 Å². The molecule has 11 nitrogen and oxygen atoms in total. The fourth-order valence-electron chi connectivity index (χ4n) is 4.72. The molecule has 39 heavy (non-hydrogen) atoms. The van der Waals surface area contributed by atoms with Gasteiger partial charge >= 0.3 is 0 Å². The van der Waals surface area contributed by atoms with E-state index < -0.39 is 6.04 Å². The lowest BCUT2D eigenvalue weighted by molar-refractivity contribution is -0.134. The number of carbonyl (C=O) groups is 2. The van der Waals surface area contributed by atoms with Gasteiger partial charge in [0.25, 0.3) is 0 Å². The predicted molar refractivity (Wildman–Crippen MR) is 150 cm³/mol. The van der Waals surface area contributed by atoms with Gasteiger partial charge in [-0.15, -0.1) is 0 Å². The summed E-state index contributed by atoms with van der Waals surface area (Å²) in [6, 6.07) is 16.4. The third-order valence-electron chi connectivity index (χ3n) is 6.59. The van der Waals surface area contributed by atoms with E-state index in [9.17, 15) is 9.59 Å². The van der Waals surface area contributed by atoms with Crippen molar-refractivity contribution in [3.8, 4) is 22.8 Å². The number of rotatable bonds is 8. The first-order valence-electron chi connectivity index (χ1n) is 12.9. The fourth-order valence-corrected chi connectivity index (χ4v) is 4.72. The highest BCUT2D eigenvalue weighted by Gasteiger charge is 2.30. The summed E-state index contributed by atoms with van der Waals surface area (Å²) >= 11 is 0. The molecule has 0 spiro atoms. The van der Waals surface area contributed by atoms with Crippen molar-refractivity contribution in [2.24, 2.45) is 11.5 Å². The second-order valence-electron chi connectivity index (χ2n) is 9.12. The molecule has 0 saturated carbocycles.